The number of methoxy groups -OCH3 is 1. The number of carbonyl (C=O) groups is 1. The van der Waals surface area contributed by atoms with Crippen LogP contribution in [0, 0.1) is 12.8 Å². The third kappa shape index (κ3) is 3.79. The van der Waals surface area contributed by atoms with E-state index in [2.05, 4.69) is 26.0 Å². The largest absolute Gasteiger partial charge is 0.496 e. The molecule has 1 saturated carbocycles. The van der Waals surface area contributed by atoms with Crippen LogP contribution in [0.2, 0.25) is 0 Å². The molecule has 1 N–H and O–H groups in total. The van der Waals surface area contributed by atoms with Gasteiger partial charge in [0.05, 0.1) is 7.11 Å². The second-order valence-electron chi connectivity index (χ2n) is 8.75. The van der Waals surface area contributed by atoms with Crippen molar-refractivity contribution in [3.8, 4) is 17.2 Å². The van der Waals surface area contributed by atoms with Crippen LogP contribution in [-0.4, -0.2) is 18.2 Å². The van der Waals surface area contributed by atoms with Crippen molar-refractivity contribution in [1.29, 1.82) is 0 Å². The molecule has 4 rings (SSSR count). The lowest BCUT2D eigenvalue weighted by Crippen LogP contribution is -2.27. The van der Waals surface area contributed by atoms with Crippen molar-refractivity contribution >= 4 is 27.4 Å². The summed E-state index contributed by atoms with van der Waals surface area (Å²) in [5.74, 6) is 1.57. The zero-order valence-electron chi connectivity index (χ0n) is 18.0. The second kappa shape index (κ2) is 7.95. The van der Waals surface area contributed by atoms with Gasteiger partial charge in [-0.15, -0.1) is 11.3 Å². The van der Waals surface area contributed by atoms with Gasteiger partial charge in [-0.2, -0.15) is 0 Å². The summed E-state index contributed by atoms with van der Waals surface area (Å²) in [7, 11) is 1.62. The molecule has 0 bridgehead atoms. The molecule has 2 aromatic carbocycles. The molecule has 0 unspecified atom stereocenters. The maximum absolute atomic E-state index is 11.8. The zero-order chi connectivity index (χ0) is 21.5. The predicted molar refractivity (Wildman–Crippen MR) is 122 cm³/mol. The van der Waals surface area contributed by atoms with Gasteiger partial charge in [0.2, 0.25) is 0 Å². The lowest BCUT2D eigenvalue weighted by Gasteiger charge is -2.37. The minimum absolute atomic E-state index is 0.204. The Bertz CT molecular complexity index is 1070. The first-order valence-corrected chi connectivity index (χ1v) is 11.3. The Morgan fingerprint density at radius 3 is 2.43 bits per heavy atom. The van der Waals surface area contributed by atoms with E-state index < -0.39 is 5.97 Å². The molecule has 1 heterocycles. The third-order valence-corrected chi connectivity index (χ3v) is 7.62. The first-order chi connectivity index (χ1) is 14.3. The molecular weight excluding hydrogens is 396 g/mol. The van der Waals surface area contributed by atoms with E-state index in [1.165, 1.54) is 42.6 Å². The van der Waals surface area contributed by atoms with Crippen LogP contribution in [0.25, 0.3) is 10.1 Å². The number of thiophene rings is 1. The van der Waals surface area contributed by atoms with Gasteiger partial charge in [-0.25, -0.2) is 4.79 Å². The van der Waals surface area contributed by atoms with Gasteiger partial charge in [0, 0.05) is 10.1 Å². The third-order valence-electron chi connectivity index (χ3n) is 6.50. The highest BCUT2D eigenvalue weighted by atomic mass is 32.1. The molecule has 0 aliphatic heterocycles. The first kappa shape index (κ1) is 20.7. The number of rotatable bonds is 5. The first-order valence-electron chi connectivity index (χ1n) is 10.4. The predicted octanol–water partition coefficient (Wildman–Crippen LogP) is 7.18. The minimum atomic E-state index is -0.983. The molecule has 1 aliphatic rings. The molecule has 0 radical (unpaired) electrons. The summed E-state index contributed by atoms with van der Waals surface area (Å²) >= 11 is 1.23. The fourth-order valence-electron chi connectivity index (χ4n) is 4.40. The standard InChI is InChI=1S/C25H28O4S/c1-15-9-11-25(3,12-10-15)17-5-7-18(8-6-17)29-22-19-14-20(28-4)16(2)13-21(19)30-23(22)24(26)27/h5-8,13-15H,9-12H2,1-4H3,(H,26,27). The summed E-state index contributed by atoms with van der Waals surface area (Å²) in [6.07, 6.45) is 4.93. The summed E-state index contributed by atoms with van der Waals surface area (Å²) in [5.41, 5.74) is 2.50. The van der Waals surface area contributed by atoms with E-state index >= 15 is 0 Å². The number of hydrogen-bond acceptors (Lipinski definition) is 4. The van der Waals surface area contributed by atoms with E-state index in [-0.39, 0.29) is 10.3 Å². The van der Waals surface area contributed by atoms with Crippen molar-refractivity contribution in [3.63, 3.8) is 0 Å². The molecule has 1 aromatic heterocycles. The molecule has 0 amide bonds. The highest BCUT2D eigenvalue weighted by molar-refractivity contribution is 7.21. The highest BCUT2D eigenvalue weighted by Gasteiger charge is 2.31. The number of fused-ring (bicyclic) bond motifs is 1. The molecule has 0 spiro atoms. The van der Waals surface area contributed by atoms with Crippen LogP contribution in [0.1, 0.15) is 60.3 Å². The molecule has 30 heavy (non-hydrogen) atoms. The smallest absolute Gasteiger partial charge is 0.349 e. The SMILES string of the molecule is COc1cc2c(Oc3ccc(C4(C)CCC(C)CC4)cc3)c(C(=O)O)sc2cc1C. The molecule has 4 nitrogen and oxygen atoms in total. The molecule has 1 aliphatic carbocycles. The molecular formula is C25H28O4S. The van der Waals surface area contributed by atoms with Crippen molar-refractivity contribution in [3.05, 3.63) is 52.4 Å². The van der Waals surface area contributed by atoms with Crippen LogP contribution in [-0.2, 0) is 5.41 Å². The number of aryl methyl sites for hydroxylation is 1. The van der Waals surface area contributed by atoms with Crippen molar-refractivity contribution in [2.45, 2.75) is 51.9 Å². The Morgan fingerprint density at radius 1 is 1.17 bits per heavy atom. The van der Waals surface area contributed by atoms with Crippen molar-refractivity contribution in [2.24, 2.45) is 5.92 Å². The Balaban J connectivity index is 1.67. The van der Waals surface area contributed by atoms with Crippen molar-refractivity contribution < 1.29 is 19.4 Å². The van der Waals surface area contributed by atoms with Crippen LogP contribution >= 0.6 is 11.3 Å². The summed E-state index contributed by atoms with van der Waals surface area (Å²) in [5, 5.41) is 10.5. The monoisotopic (exact) mass is 424 g/mol. The van der Waals surface area contributed by atoms with E-state index in [0.29, 0.717) is 11.5 Å². The van der Waals surface area contributed by atoms with E-state index in [1.807, 2.05) is 31.2 Å². The summed E-state index contributed by atoms with van der Waals surface area (Å²) < 4.78 is 12.4. The quantitative estimate of drug-likeness (QED) is 0.471. The number of carboxylic acid groups (broad SMARTS) is 1. The number of ether oxygens (including phenoxy) is 2. The zero-order valence-corrected chi connectivity index (χ0v) is 18.8. The van der Waals surface area contributed by atoms with Gasteiger partial charge < -0.3 is 14.6 Å². The minimum Gasteiger partial charge on any atom is -0.496 e. The Morgan fingerprint density at radius 2 is 1.83 bits per heavy atom. The van der Waals surface area contributed by atoms with Crippen molar-refractivity contribution in [2.75, 3.05) is 7.11 Å². The van der Waals surface area contributed by atoms with Gasteiger partial charge >= 0.3 is 5.97 Å². The van der Waals surface area contributed by atoms with Crippen LogP contribution < -0.4 is 9.47 Å². The number of aromatic carboxylic acids is 1. The van der Waals surface area contributed by atoms with Crippen LogP contribution in [0.5, 0.6) is 17.2 Å². The number of hydrogen-bond donors (Lipinski definition) is 1. The number of benzene rings is 2. The van der Waals surface area contributed by atoms with Crippen LogP contribution in [0.15, 0.2) is 36.4 Å². The normalized spacial score (nSPS) is 21.5. The van der Waals surface area contributed by atoms with Crippen molar-refractivity contribution in [1.82, 2.24) is 0 Å². The molecule has 0 atom stereocenters. The Labute approximate surface area is 181 Å². The van der Waals surface area contributed by atoms with Gasteiger partial charge in [0.25, 0.3) is 0 Å². The molecule has 3 aromatic rings. The molecule has 1 fully saturated rings. The highest BCUT2D eigenvalue weighted by Crippen LogP contribution is 2.44. The fourth-order valence-corrected chi connectivity index (χ4v) is 5.44. The Hall–Kier alpha value is -2.53. The second-order valence-corrected chi connectivity index (χ2v) is 9.81. The van der Waals surface area contributed by atoms with Gasteiger partial charge in [-0.05, 0) is 79.3 Å². The van der Waals surface area contributed by atoms with E-state index in [4.69, 9.17) is 9.47 Å². The summed E-state index contributed by atoms with van der Waals surface area (Å²) in [4.78, 5) is 12.1. The van der Waals surface area contributed by atoms with E-state index in [9.17, 15) is 9.90 Å². The van der Waals surface area contributed by atoms with Gasteiger partial charge in [0.1, 0.15) is 11.5 Å². The average Bonchev–Trinajstić information content (AvgIpc) is 3.07. The van der Waals surface area contributed by atoms with Gasteiger partial charge in [0.15, 0.2) is 10.6 Å². The van der Waals surface area contributed by atoms with Crippen LogP contribution in [0.4, 0.5) is 0 Å². The van der Waals surface area contributed by atoms with E-state index in [1.54, 1.807) is 7.11 Å². The topological polar surface area (TPSA) is 55.8 Å². The molecule has 0 saturated heterocycles. The summed E-state index contributed by atoms with van der Waals surface area (Å²) in [6, 6.07) is 12.0. The van der Waals surface area contributed by atoms with Crippen LogP contribution in [0.3, 0.4) is 0 Å². The molecule has 158 valence electrons. The molecule has 5 heteroatoms. The lowest BCUT2D eigenvalue weighted by molar-refractivity contribution is 0.0700. The lowest BCUT2D eigenvalue weighted by atomic mass is 9.68. The number of carboxylic acids is 1. The Kier molecular flexibility index (Phi) is 5.49. The summed E-state index contributed by atoms with van der Waals surface area (Å²) in [6.45, 7) is 6.63. The van der Waals surface area contributed by atoms with E-state index in [0.717, 1.165) is 27.3 Å². The maximum Gasteiger partial charge on any atom is 0.349 e. The fraction of sp³-hybridized carbons (Fsp3) is 0.400. The van der Waals surface area contributed by atoms with Gasteiger partial charge in [-0.1, -0.05) is 26.0 Å². The maximum atomic E-state index is 11.8. The van der Waals surface area contributed by atoms with Gasteiger partial charge in [-0.3, -0.25) is 0 Å². The average molecular weight is 425 g/mol.